The molecule has 0 fully saturated rings. The molecule has 0 aliphatic rings. The zero-order valence-electron chi connectivity index (χ0n) is 8.21. The fourth-order valence-electron chi connectivity index (χ4n) is 1.43. The van der Waals surface area contributed by atoms with Crippen LogP contribution in [0.3, 0.4) is 0 Å². The van der Waals surface area contributed by atoms with Crippen LogP contribution in [0.25, 0.3) is 10.9 Å². The van der Waals surface area contributed by atoms with Gasteiger partial charge in [0.15, 0.2) is 0 Å². The fraction of sp³-hybridized carbons (Fsp3) is 0.0909. The van der Waals surface area contributed by atoms with E-state index < -0.39 is 0 Å². The highest BCUT2D eigenvalue weighted by Crippen LogP contribution is 2.29. The summed E-state index contributed by atoms with van der Waals surface area (Å²) in [4.78, 5) is 15.4. The number of nitrogens with one attached hydrogen (secondary N) is 1. The van der Waals surface area contributed by atoms with E-state index in [1.807, 2.05) is 6.07 Å². The average molecular weight is 255 g/mol. The standard InChI is InChI=1S/C11H8Cl2N2O/c12-6-10(16)15-11-7-2-1-5-14-9(7)4-3-8(11)13/h1-5H,6H2,(H,15,16). The van der Waals surface area contributed by atoms with Crippen molar-refractivity contribution in [3.63, 3.8) is 0 Å². The van der Waals surface area contributed by atoms with Crippen LogP contribution < -0.4 is 5.32 Å². The van der Waals surface area contributed by atoms with Crippen molar-refractivity contribution in [2.75, 3.05) is 11.2 Å². The van der Waals surface area contributed by atoms with E-state index in [9.17, 15) is 4.79 Å². The van der Waals surface area contributed by atoms with Crippen LogP contribution in [0, 0.1) is 0 Å². The Bertz CT molecular complexity index is 542. The molecule has 0 unspecified atom stereocenters. The number of aromatic nitrogens is 1. The van der Waals surface area contributed by atoms with Crippen molar-refractivity contribution in [2.24, 2.45) is 0 Å². The summed E-state index contributed by atoms with van der Waals surface area (Å²) in [5.41, 5.74) is 1.33. The number of hydrogen-bond acceptors (Lipinski definition) is 2. The quantitative estimate of drug-likeness (QED) is 0.838. The van der Waals surface area contributed by atoms with Gasteiger partial charge >= 0.3 is 0 Å². The summed E-state index contributed by atoms with van der Waals surface area (Å²) in [7, 11) is 0. The van der Waals surface area contributed by atoms with Crippen molar-refractivity contribution in [3.05, 3.63) is 35.5 Å². The van der Waals surface area contributed by atoms with Gasteiger partial charge in [-0.05, 0) is 24.3 Å². The van der Waals surface area contributed by atoms with Crippen LogP contribution in [0.2, 0.25) is 5.02 Å². The lowest BCUT2D eigenvalue weighted by atomic mass is 10.2. The molecule has 1 aromatic heterocycles. The molecule has 0 spiro atoms. The number of benzene rings is 1. The SMILES string of the molecule is O=C(CCl)Nc1c(Cl)ccc2ncccc12. The number of pyridine rings is 1. The van der Waals surface area contributed by atoms with Crippen molar-refractivity contribution in [2.45, 2.75) is 0 Å². The van der Waals surface area contributed by atoms with Crippen LogP contribution in [0.5, 0.6) is 0 Å². The summed E-state index contributed by atoms with van der Waals surface area (Å²) >= 11 is 11.5. The van der Waals surface area contributed by atoms with Crippen LogP contribution in [0.15, 0.2) is 30.5 Å². The topological polar surface area (TPSA) is 42.0 Å². The number of alkyl halides is 1. The second-order valence-corrected chi connectivity index (χ2v) is 3.85. The van der Waals surface area contributed by atoms with Gasteiger partial charge in [-0.2, -0.15) is 0 Å². The van der Waals surface area contributed by atoms with Crippen molar-refractivity contribution in [1.29, 1.82) is 0 Å². The molecule has 82 valence electrons. The Morgan fingerprint density at radius 3 is 2.94 bits per heavy atom. The second kappa shape index (κ2) is 4.68. The van der Waals surface area contributed by atoms with E-state index in [1.54, 1.807) is 24.4 Å². The van der Waals surface area contributed by atoms with Crippen molar-refractivity contribution < 1.29 is 4.79 Å². The third kappa shape index (κ3) is 2.10. The van der Waals surface area contributed by atoms with Crippen LogP contribution in [0.4, 0.5) is 5.69 Å². The number of rotatable bonds is 2. The maximum absolute atomic E-state index is 11.3. The van der Waals surface area contributed by atoms with Gasteiger partial charge < -0.3 is 5.32 Å². The zero-order chi connectivity index (χ0) is 11.5. The molecule has 0 bridgehead atoms. The maximum atomic E-state index is 11.3. The molecule has 1 N–H and O–H groups in total. The minimum Gasteiger partial charge on any atom is -0.323 e. The lowest BCUT2D eigenvalue weighted by molar-refractivity contribution is -0.113. The first-order valence-corrected chi connectivity index (χ1v) is 5.52. The van der Waals surface area contributed by atoms with Gasteiger partial charge in [0.05, 0.1) is 16.2 Å². The van der Waals surface area contributed by atoms with E-state index in [2.05, 4.69) is 10.3 Å². The fourth-order valence-corrected chi connectivity index (χ4v) is 1.70. The highest BCUT2D eigenvalue weighted by Gasteiger charge is 2.09. The number of halogens is 2. The third-order valence-corrected chi connectivity index (χ3v) is 2.68. The van der Waals surface area contributed by atoms with Gasteiger partial charge in [0.1, 0.15) is 5.88 Å². The van der Waals surface area contributed by atoms with E-state index in [-0.39, 0.29) is 11.8 Å². The Morgan fingerprint density at radius 2 is 2.19 bits per heavy atom. The molecule has 5 heteroatoms. The lowest BCUT2D eigenvalue weighted by Crippen LogP contribution is -2.13. The molecule has 16 heavy (non-hydrogen) atoms. The summed E-state index contributed by atoms with van der Waals surface area (Å²) in [6.07, 6.45) is 1.68. The van der Waals surface area contributed by atoms with Crippen LogP contribution >= 0.6 is 23.2 Å². The zero-order valence-corrected chi connectivity index (χ0v) is 9.72. The molecule has 2 rings (SSSR count). The van der Waals surface area contributed by atoms with Crippen LogP contribution in [0.1, 0.15) is 0 Å². The summed E-state index contributed by atoms with van der Waals surface area (Å²) in [6.45, 7) is 0. The lowest BCUT2D eigenvalue weighted by Gasteiger charge is -2.08. The number of nitrogens with zero attached hydrogens (tertiary/aromatic N) is 1. The molecule has 0 atom stereocenters. The number of carbonyl (C=O) groups excluding carboxylic acids is 1. The van der Waals surface area contributed by atoms with Crippen LogP contribution in [-0.2, 0) is 4.79 Å². The minimum atomic E-state index is -0.292. The number of anilines is 1. The Hall–Kier alpha value is -1.32. The molecule has 0 radical (unpaired) electrons. The molecule has 0 saturated heterocycles. The van der Waals surface area contributed by atoms with Gasteiger partial charge in [-0.15, -0.1) is 11.6 Å². The van der Waals surface area contributed by atoms with E-state index in [4.69, 9.17) is 23.2 Å². The smallest absolute Gasteiger partial charge is 0.239 e. The predicted molar refractivity (Wildman–Crippen MR) is 66.1 cm³/mol. The number of carbonyl (C=O) groups is 1. The summed E-state index contributed by atoms with van der Waals surface area (Å²) in [6, 6.07) is 7.13. The van der Waals surface area contributed by atoms with E-state index >= 15 is 0 Å². The highest BCUT2D eigenvalue weighted by atomic mass is 35.5. The van der Waals surface area contributed by atoms with Gasteiger partial charge in [0.25, 0.3) is 0 Å². The van der Waals surface area contributed by atoms with E-state index in [1.165, 1.54) is 0 Å². The molecular formula is C11H8Cl2N2O. The molecule has 0 saturated carbocycles. The number of fused-ring (bicyclic) bond motifs is 1. The summed E-state index contributed by atoms with van der Waals surface area (Å²) < 4.78 is 0. The maximum Gasteiger partial charge on any atom is 0.239 e. The third-order valence-electron chi connectivity index (χ3n) is 2.12. The first-order valence-electron chi connectivity index (χ1n) is 4.61. The summed E-state index contributed by atoms with van der Waals surface area (Å²) in [5.74, 6) is -0.396. The molecule has 0 aliphatic carbocycles. The Balaban J connectivity index is 2.57. The van der Waals surface area contributed by atoms with Gasteiger partial charge in [0, 0.05) is 11.6 Å². The molecule has 0 aliphatic heterocycles. The largest absolute Gasteiger partial charge is 0.323 e. The van der Waals surface area contributed by atoms with Gasteiger partial charge in [-0.25, -0.2) is 0 Å². The van der Waals surface area contributed by atoms with Crippen molar-refractivity contribution >= 4 is 45.7 Å². The van der Waals surface area contributed by atoms with Crippen LogP contribution in [-0.4, -0.2) is 16.8 Å². The molecule has 3 nitrogen and oxygen atoms in total. The number of hydrogen-bond donors (Lipinski definition) is 1. The van der Waals surface area contributed by atoms with E-state index in [0.717, 1.165) is 10.9 Å². The van der Waals surface area contributed by atoms with Crippen molar-refractivity contribution in [3.8, 4) is 0 Å². The predicted octanol–water partition coefficient (Wildman–Crippen LogP) is 3.07. The van der Waals surface area contributed by atoms with Gasteiger partial charge in [0.2, 0.25) is 5.91 Å². The first kappa shape index (κ1) is 11.2. The van der Waals surface area contributed by atoms with E-state index in [0.29, 0.717) is 10.7 Å². The average Bonchev–Trinajstić information content (AvgIpc) is 2.32. The monoisotopic (exact) mass is 254 g/mol. The van der Waals surface area contributed by atoms with Gasteiger partial charge in [-0.3, -0.25) is 9.78 Å². The Labute approximate surface area is 102 Å². The minimum absolute atomic E-state index is 0.104. The highest BCUT2D eigenvalue weighted by molar-refractivity contribution is 6.36. The molecule has 1 aromatic carbocycles. The van der Waals surface area contributed by atoms with Gasteiger partial charge in [-0.1, -0.05) is 11.6 Å². The molecule has 1 heterocycles. The normalized spacial score (nSPS) is 10.4. The summed E-state index contributed by atoms with van der Waals surface area (Å²) in [5, 5.41) is 3.93. The Kier molecular flexibility index (Phi) is 3.27. The molecular weight excluding hydrogens is 247 g/mol. The molecule has 1 amide bonds. The molecule has 2 aromatic rings. The number of amides is 1. The Morgan fingerprint density at radius 1 is 1.38 bits per heavy atom. The van der Waals surface area contributed by atoms with Crippen molar-refractivity contribution in [1.82, 2.24) is 4.98 Å². The second-order valence-electron chi connectivity index (χ2n) is 3.17. The first-order chi connectivity index (χ1) is 7.72.